The number of likely N-dealkylation sites (N-methyl/N-ethyl adjacent to an activating group) is 1. The first-order valence-corrected chi connectivity index (χ1v) is 8.60. The molecule has 0 aliphatic carbocycles. The van der Waals surface area contributed by atoms with Crippen LogP contribution in [0, 0.1) is 0 Å². The number of urea groups is 1. The second-order valence-electron chi connectivity index (χ2n) is 7.01. The van der Waals surface area contributed by atoms with Gasteiger partial charge in [-0.25, -0.2) is 10.2 Å². The fraction of sp³-hybridized carbons (Fsp3) is 0.238. The number of nitrogens with one attached hydrogen (secondary N) is 2. The number of para-hydroxylation sites is 1. The van der Waals surface area contributed by atoms with Gasteiger partial charge in [-0.15, -0.1) is 0 Å². The Labute approximate surface area is 154 Å². The summed E-state index contributed by atoms with van der Waals surface area (Å²) >= 11 is 0. The van der Waals surface area contributed by atoms with E-state index < -0.39 is 0 Å². The van der Waals surface area contributed by atoms with Crippen molar-refractivity contribution in [2.75, 3.05) is 17.3 Å². The van der Waals surface area contributed by atoms with Crippen LogP contribution in [-0.2, 0) is 0 Å². The molecule has 3 rings (SSSR count). The molecular weight excluding hydrogens is 324 g/mol. The number of allylic oxidation sites excluding steroid dienone is 1. The third-order valence-corrected chi connectivity index (χ3v) is 4.65. The van der Waals surface area contributed by atoms with Gasteiger partial charge in [-0.3, -0.25) is 0 Å². The van der Waals surface area contributed by atoms with Gasteiger partial charge in [0.2, 0.25) is 0 Å². The molecule has 0 atom stereocenters. The summed E-state index contributed by atoms with van der Waals surface area (Å²) < 4.78 is 0. The van der Waals surface area contributed by atoms with Crippen molar-refractivity contribution in [1.82, 2.24) is 5.43 Å². The molecule has 1 aliphatic heterocycles. The lowest BCUT2D eigenvalue weighted by Gasteiger charge is -2.40. The molecule has 5 heteroatoms. The van der Waals surface area contributed by atoms with Gasteiger partial charge in [-0.1, -0.05) is 30.3 Å². The third kappa shape index (κ3) is 3.77. The summed E-state index contributed by atoms with van der Waals surface area (Å²) in [5, 5.41) is 6.76. The molecule has 0 radical (unpaired) electrons. The zero-order chi connectivity index (χ0) is 18.7. The SMILES string of the molecule is CC1=CC(C)(C)N(C)c2ccc(/C=N\NC(=O)Nc3ccccc3)cc21. The molecule has 2 N–H and O–H groups in total. The van der Waals surface area contributed by atoms with E-state index in [4.69, 9.17) is 0 Å². The van der Waals surface area contributed by atoms with Crippen molar-refractivity contribution >= 4 is 29.2 Å². The number of amides is 2. The Morgan fingerprint density at radius 2 is 1.88 bits per heavy atom. The van der Waals surface area contributed by atoms with E-state index in [1.165, 1.54) is 16.8 Å². The van der Waals surface area contributed by atoms with E-state index in [0.717, 1.165) is 11.3 Å². The minimum atomic E-state index is -0.372. The molecule has 0 saturated heterocycles. The Hall–Kier alpha value is -3.08. The second-order valence-corrected chi connectivity index (χ2v) is 7.01. The van der Waals surface area contributed by atoms with Gasteiger partial charge in [-0.05, 0) is 56.2 Å². The first kappa shape index (κ1) is 17.7. The second kappa shape index (κ2) is 7.04. The van der Waals surface area contributed by atoms with Crippen molar-refractivity contribution in [1.29, 1.82) is 0 Å². The fourth-order valence-electron chi connectivity index (χ4n) is 3.10. The van der Waals surface area contributed by atoms with Gasteiger partial charge >= 0.3 is 6.03 Å². The molecule has 0 aromatic heterocycles. The van der Waals surface area contributed by atoms with Crippen molar-refractivity contribution in [3.63, 3.8) is 0 Å². The van der Waals surface area contributed by atoms with Crippen LogP contribution < -0.4 is 15.6 Å². The minimum absolute atomic E-state index is 0.0101. The van der Waals surface area contributed by atoms with Crippen molar-refractivity contribution in [2.45, 2.75) is 26.3 Å². The van der Waals surface area contributed by atoms with Gasteiger partial charge in [0.1, 0.15) is 0 Å². The van der Waals surface area contributed by atoms with Crippen LogP contribution in [0.1, 0.15) is 31.9 Å². The highest BCUT2D eigenvalue weighted by atomic mass is 16.2. The zero-order valence-electron chi connectivity index (χ0n) is 15.6. The van der Waals surface area contributed by atoms with E-state index >= 15 is 0 Å². The molecule has 0 spiro atoms. The van der Waals surface area contributed by atoms with Crippen LogP contribution in [0.5, 0.6) is 0 Å². The number of nitrogens with zero attached hydrogens (tertiary/aromatic N) is 2. The Bertz CT molecular complexity index is 869. The predicted molar refractivity (Wildman–Crippen MR) is 109 cm³/mol. The summed E-state index contributed by atoms with van der Waals surface area (Å²) in [6, 6.07) is 15.1. The first-order chi connectivity index (χ1) is 12.4. The molecule has 2 aromatic rings. The van der Waals surface area contributed by atoms with Crippen LogP contribution in [-0.4, -0.2) is 24.8 Å². The number of carbonyl (C=O) groups is 1. The molecule has 0 bridgehead atoms. The maximum absolute atomic E-state index is 11.9. The van der Waals surface area contributed by atoms with Crippen LogP contribution in [0.4, 0.5) is 16.2 Å². The maximum Gasteiger partial charge on any atom is 0.339 e. The fourth-order valence-corrected chi connectivity index (χ4v) is 3.10. The van der Waals surface area contributed by atoms with Gasteiger partial charge in [0.25, 0.3) is 0 Å². The number of hydrogen-bond donors (Lipinski definition) is 2. The Morgan fingerprint density at radius 1 is 1.15 bits per heavy atom. The number of hydrogen-bond acceptors (Lipinski definition) is 3. The smallest absolute Gasteiger partial charge is 0.339 e. The Morgan fingerprint density at radius 3 is 2.62 bits per heavy atom. The summed E-state index contributed by atoms with van der Waals surface area (Å²) in [6.07, 6.45) is 3.92. The van der Waals surface area contributed by atoms with Gasteiger partial charge < -0.3 is 10.2 Å². The van der Waals surface area contributed by atoms with E-state index in [1.807, 2.05) is 36.4 Å². The summed E-state index contributed by atoms with van der Waals surface area (Å²) in [7, 11) is 2.10. The molecule has 2 amide bonds. The molecule has 5 nitrogen and oxygen atoms in total. The maximum atomic E-state index is 11.9. The highest BCUT2D eigenvalue weighted by Gasteiger charge is 2.28. The van der Waals surface area contributed by atoms with E-state index in [2.05, 4.69) is 66.8 Å². The Balaban J connectivity index is 1.69. The third-order valence-electron chi connectivity index (χ3n) is 4.65. The molecule has 2 aromatic carbocycles. The predicted octanol–water partition coefficient (Wildman–Crippen LogP) is 4.47. The van der Waals surface area contributed by atoms with Crippen LogP contribution in [0.2, 0.25) is 0 Å². The average Bonchev–Trinajstić information content (AvgIpc) is 2.60. The molecule has 1 heterocycles. The number of fused-ring (bicyclic) bond motifs is 1. The molecule has 0 fully saturated rings. The summed E-state index contributed by atoms with van der Waals surface area (Å²) in [5.74, 6) is 0. The zero-order valence-corrected chi connectivity index (χ0v) is 15.6. The van der Waals surface area contributed by atoms with Crippen molar-refractivity contribution in [2.24, 2.45) is 5.10 Å². The van der Waals surface area contributed by atoms with E-state index in [0.29, 0.717) is 0 Å². The molecule has 26 heavy (non-hydrogen) atoms. The molecular formula is C21H24N4O. The van der Waals surface area contributed by atoms with Crippen molar-refractivity contribution in [3.05, 3.63) is 65.7 Å². The normalized spacial score (nSPS) is 15.4. The Kier molecular flexibility index (Phi) is 4.80. The molecule has 1 aliphatic rings. The number of anilines is 2. The highest BCUT2D eigenvalue weighted by Crippen LogP contribution is 2.37. The van der Waals surface area contributed by atoms with Gasteiger partial charge in [-0.2, -0.15) is 5.10 Å². The van der Waals surface area contributed by atoms with E-state index in [-0.39, 0.29) is 11.6 Å². The number of benzene rings is 2. The van der Waals surface area contributed by atoms with Gasteiger partial charge in [0, 0.05) is 24.0 Å². The summed E-state index contributed by atoms with van der Waals surface area (Å²) in [5.41, 5.74) is 7.76. The summed E-state index contributed by atoms with van der Waals surface area (Å²) in [4.78, 5) is 14.1. The van der Waals surface area contributed by atoms with Gasteiger partial charge in [0.05, 0.1) is 11.8 Å². The van der Waals surface area contributed by atoms with Crippen LogP contribution in [0.25, 0.3) is 5.57 Å². The van der Waals surface area contributed by atoms with E-state index in [1.54, 1.807) is 6.21 Å². The molecule has 0 saturated carbocycles. The molecule has 0 unspecified atom stereocenters. The molecule has 134 valence electrons. The lowest BCUT2D eigenvalue weighted by Crippen LogP contribution is -2.42. The first-order valence-electron chi connectivity index (χ1n) is 8.60. The van der Waals surface area contributed by atoms with Crippen LogP contribution in [0.3, 0.4) is 0 Å². The van der Waals surface area contributed by atoms with E-state index in [9.17, 15) is 4.79 Å². The lowest BCUT2D eigenvalue weighted by molar-refractivity contribution is 0.252. The monoisotopic (exact) mass is 348 g/mol. The number of carbonyl (C=O) groups excluding carboxylic acids is 1. The van der Waals surface area contributed by atoms with Crippen molar-refractivity contribution < 1.29 is 4.79 Å². The summed E-state index contributed by atoms with van der Waals surface area (Å²) in [6.45, 7) is 6.52. The highest BCUT2D eigenvalue weighted by molar-refractivity contribution is 5.91. The van der Waals surface area contributed by atoms with Gasteiger partial charge in [0.15, 0.2) is 0 Å². The minimum Gasteiger partial charge on any atom is -0.366 e. The quantitative estimate of drug-likeness (QED) is 0.635. The number of hydrazone groups is 1. The standard InChI is InChI=1S/C21H24N4O/c1-15-13-21(2,3)25(4)19-11-10-16(12-18(15)19)14-22-24-20(26)23-17-8-6-5-7-9-17/h5-14H,1-4H3,(H2,23,24,26)/b22-14-. The largest absolute Gasteiger partial charge is 0.366 e. The number of rotatable bonds is 3. The lowest BCUT2D eigenvalue weighted by atomic mass is 9.89. The van der Waals surface area contributed by atoms with Crippen LogP contribution in [0.15, 0.2) is 59.7 Å². The topological polar surface area (TPSA) is 56.7 Å². The average molecular weight is 348 g/mol. The van der Waals surface area contributed by atoms with Crippen molar-refractivity contribution in [3.8, 4) is 0 Å². The van der Waals surface area contributed by atoms with Crippen LogP contribution >= 0.6 is 0 Å².